The Kier molecular flexibility index (Phi) is 15.6. The van der Waals surface area contributed by atoms with Gasteiger partial charge in [0.05, 0.1) is 0 Å². The van der Waals surface area contributed by atoms with Crippen molar-refractivity contribution >= 4 is 114 Å². The number of benzene rings is 17. The number of fused-ring (bicyclic) bond motifs is 12. The zero-order valence-electron chi connectivity index (χ0n) is 53.9. The van der Waals surface area contributed by atoms with Gasteiger partial charge in [-0.15, -0.1) is 0 Å². The van der Waals surface area contributed by atoms with Gasteiger partial charge in [0, 0.05) is 26.7 Å². The van der Waals surface area contributed by atoms with Gasteiger partial charge in [-0.3, -0.25) is 0 Å². The van der Waals surface area contributed by atoms with Crippen molar-refractivity contribution < 1.29 is 0 Å². The summed E-state index contributed by atoms with van der Waals surface area (Å²) < 4.78 is 1.02. The van der Waals surface area contributed by atoms with Crippen LogP contribution < -0.4 is 0 Å². The molecule has 0 bridgehead atoms. The second-order valence-corrected chi connectivity index (χ2v) is 26.2. The fraction of sp³-hybridized carbons (Fsp3) is 0.0103. The largest absolute Gasteiger partial charge is 0.0616 e. The number of aryl methyl sites for hydroxylation is 1. The average Bonchev–Trinajstić information content (AvgIpc) is 1.53. The van der Waals surface area contributed by atoms with Crippen LogP contribution in [0.2, 0.25) is 0 Å². The maximum atomic E-state index is 3.54. The first kappa shape index (κ1) is 59.4. The number of hydrogen-bond donors (Lipinski definition) is 0. The van der Waals surface area contributed by atoms with Crippen LogP contribution in [-0.4, -0.2) is 0 Å². The molecular formula is C97H61Br. The molecule has 0 nitrogen and oxygen atoms in total. The molecule has 0 N–H and O–H groups in total. The van der Waals surface area contributed by atoms with Gasteiger partial charge in [-0.25, -0.2) is 0 Å². The highest BCUT2D eigenvalue weighted by molar-refractivity contribution is 9.10. The van der Waals surface area contributed by atoms with E-state index in [9.17, 15) is 0 Å². The molecule has 0 amide bonds. The van der Waals surface area contributed by atoms with E-state index in [-0.39, 0.29) is 0 Å². The summed E-state index contributed by atoms with van der Waals surface area (Å²) in [7, 11) is 0. The zero-order chi connectivity index (χ0) is 65.5. The monoisotopic (exact) mass is 1300 g/mol. The SMILES string of the molecule is Brc1ccccc1C#Cc1cccc(-c2ccc3ccccc3c2)c1.Cc1cc2ccccc2cc1C#Cc1cccc2ccccc12.c1cc(C2=C3C(=C(c4cccc5ccccc45)c4cc5ccccc5cc43)c3cc4ccccc4cc32)cc(-c2ccc3ccccc3c2)c1. The van der Waals surface area contributed by atoms with Gasteiger partial charge in [0.2, 0.25) is 0 Å². The Balaban J connectivity index is 0.000000125. The summed E-state index contributed by atoms with van der Waals surface area (Å²) in [5, 5.41) is 17.6. The van der Waals surface area contributed by atoms with Crippen LogP contribution in [0.4, 0.5) is 0 Å². The predicted molar refractivity (Wildman–Crippen MR) is 421 cm³/mol. The Bertz CT molecular complexity index is 6280. The van der Waals surface area contributed by atoms with Gasteiger partial charge in [-0.2, -0.15) is 0 Å². The number of rotatable bonds is 4. The molecule has 2 aliphatic carbocycles. The first-order chi connectivity index (χ1) is 48.4. The van der Waals surface area contributed by atoms with Crippen molar-refractivity contribution in [1.29, 1.82) is 0 Å². The minimum absolute atomic E-state index is 0.999. The Hall–Kier alpha value is -12.4. The molecule has 0 heterocycles. The summed E-state index contributed by atoms with van der Waals surface area (Å²) in [6.45, 7) is 2.12. The second-order valence-electron chi connectivity index (χ2n) is 25.3. The third-order valence-electron chi connectivity index (χ3n) is 19.3. The van der Waals surface area contributed by atoms with Crippen molar-refractivity contribution in [3.05, 3.63) is 418 Å². The Labute approximate surface area is 579 Å². The fourth-order valence-corrected chi connectivity index (χ4v) is 14.8. The molecular weight excluding hydrogens is 1240 g/mol. The summed E-state index contributed by atoms with van der Waals surface area (Å²) in [6.07, 6.45) is 0. The van der Waals surface area contributed by atoms with Crippen LogP contribution in [0.3, 0.4) is 0 Å². The van der Waals surface area contributed by atoms with E-state index < -0.39 is 0 Å². The molecule has 17 aromatic carbocycles. The van der Waals surface area contributed by atoms with Crippen LogP contribution in [-0.2, 0) is 0 Å². The molecule has 17 aromatic rings. The van der Waals surface area contributed by atoms with Crippen LogP contribution in [0.1, 0.15) is 61.2 Å². The lowest BCUT2D eigenvalue weighted by Gasteiger charge is -2.15. The highest BCUT2D eigenvalue weighted by Gasteiger charge is 2.38. The van der Waals surface area contributed by atoms with Gasteiger partial charge in [0.1, 0.15) is 0 Å². The van der Waals surface area contributed by atoms with Crippen LogP contribution in [0, 0.1) is 30.6 Å². The molecule has 1 heteroatoms. The molecule has 0 saturated carbocycles. The molecule has 0 radical (unpaired) electrons. The zero-order valence-corrected chi connectivity index (χ0v) is 55.5. The third kappa shape index (κ3) is 11.4. The highest BCUT2D eigenvalue weighted by Crippen LogP contribution is 2.60. The van der Waals surface area contributed by atoms with E-state index in [2.05, 4.69) is 368 Å². The summed E-state index contributed by atoms with van der Waals surface area (Å²) in [4.78, 5) is 0. The summed E-state index contributed by atoms with van der Waals surface area (Å²) in [5.74, 6) is 13.2. The predicted octanol–water partition coefficient (Wildman–Crippen LogP) is 25.6. The van der Waals surface area contributed by atoms with Crippen molar-refractivity contribution in [2.75, 3.05) is 0 Å². The first-order valence-corrected chi connectivity index (χ1v) is 34.2. The Morgan fingerprint density at radius 2 is 0.582 bits per heavy atom. The van der Waals surface area contributed by atoms with Crippen molar-refractivity contribution in [2.45, 2.75) is 6.92 Å². The molecule has 19 rings (SSSR count). The van der Waals surface area contributed by atoms with Crippen molar-refractivity contribution in [3.8, 4) is 45.9 Å². The topological polar surface area (TPSA) is 0 Å². The maximum absolute atomic E-state index is 3.54. The number of allylic oxidation sites excluding steroid dienone is 2. The minimum Gasteiger partial charge on any atom is -0.0616 e. The summed E-state index contributed by atoms with van der Waals surface area (Å²) in [5.41, 5.74) is 23.4. The Morgan fingerprint density at radius 3 is 1.18 bits per heavy atom. The lowest BCUT2D eigenvalue weighted by Crippen LogP contribution is -1.94. The van der Waals surface area contributed by atoms with E-state index >= 15 is 0 Å². The van der Waals surface area contributed by atoms with E-state index in [0.717, 1.165) is 26.7 Å². The normalized spacial score (nSPS) is 11.9. The summed E-state index contributed by atoms with van der Waals surface area (Å²) in [6, 6.07) is 127. The lowest BCUT2D eigenvalue weighted by atomic mass is 9.88. The molecule has 0 unspecified atom stereocenters. The van der Waals surface area contributed by atoms with Gasteiger partial charge >= 0.3 is 0 Å². The molecule has 0 spiro atoms. The molecule has 0 fully saturated rings. The van der Waals surface area contributed by atoms with Gasteiger partial charge in [0.25, 0.3) is 0 Å². The maximum Gasteiger partial charge on any atom is 0.0391 e. The molecule has 2 aliphatic rings. The standard InChI is InChI=1S/C50H30.C24H15Br.C23H16/c1-2-13-33-25-39(24-23-31(33)11-1)34-19-9-20-40(26-34)47-43-27-35-14-3-5-16-37(35)29-45(43)50-48(42-22-10-18-32-12-7-8-21-41(32)42)44-28-36-15-4-6-17-38(36)30-46(44)49(47)50;25-24-11-4-3-8-20(24)13-12-18-6-5-10-21(16-18)23-15-14-19-7-1-2-9-22(19)17-23;1-17-15-21-8-2-3-9-22(21)16-20(17)14-13-19-11-6-10-18-7-4-5-12-23(18)19/h1-30H;1-11,14-17H;2-12,15-16H,1H3. The molecule has 0 aromatic heterocycles. The highest BCUT2D eigenvalue weighted by atomic mass is 79.9. The first-order valence-electron chi connectivity index (χ1n) is 33.4. The van der Waals surface area contributed by atoms with Gasteiger partial charge < -0.3 is 0 Å². The smallest absolute Gasteiger partial charge is 0.0391 e. The number of hydrogen-bond acceptors (Lipinski definition) is 0. The lowest BCUT2D eigenvalue weighted by molar-refractivity contribution is 1.47. The molecule has 456 valence electrons. The van der Waals surface area contributed by atoms with Crippen LogP contribution in [0.5, 0.6) is 0 Å². The van der Waals surface area contributed by atoms with E-state index in [4.69, 9.17) is 0 Å². The van der Waals surface area contributed by atoms with Crippen LogP contribution in [0.25, 0.3) is 120 Å². The fourth-order valence-electron chi connectivity index (χ4n) is 14.4. The van der Waals surface area contributed by atoms with E-state index in [1.165, 1.54) is 159 Å². The van der Waals surface area contributed by atoms with E-state index in [0.29, 0.717) is 0 Å². The van der Waals surface area contributed by atoms with Crippen LogP contribution in [0.15, 0.2) is 356 Å². The van der Waals surface area contributed by atoms with Crippen molar-refractivity contribution in [2.24, 2.45) is 0 Å². The van der Waals surface area contributed by atoms with E-state index in [1.54, 1.807) is 0 Å². The van der Waals surface area contributed by atoms with Gasteiger partial charge in [-0.1, -0.05) is 297 Å². The number of halogens is 1. The Morgan fingerprint density at radius 1 is 0.204 bits per heavy atom. The molecule has 0 atom stereocenters. The van der Waals surface area contributed by atoms with Gasteiger partial charge in [-0.05, 0) is 261 Å². The minimum atomic E-state index is 0.999. The third-order valence-corrected chi connectivity index (χ3v) is 20.0. The molecule has 0 aliphatic heterocycles. The van der Waals surface area contributed by atoms with Crippen molar-refractivity contribution in [3.63, 3.8) is 0 Å². The average molecular weight is 1310 g/mol. The second kappa shape index (κ2) is 25.7. The van der Waals surface area contributed by atoms with Gasteiger partial charge in [0.15, 0.2) is 0 Å². The van der Waals surface area contributed by atoms with Crippen molar-refractivity contribution in [1.82, 2.24) is 0 Å². The van der Waals surface area contributed by atoms with Crippen LogP contribution >= 0.6 is 15.9 Å². The summed E-state index contributed by atoms with van der Waals surface area (Å²) >= 11 is 3.54. The molecule has 0 saturated heterocycles. The van der Waals surface area contributed by atoms with E-state index in [1.807, 2.05) is 30.3 Å². The quantitative estimate of drug-likeness (QED) is 0.154. The molecule has 98 heavy (non-hydrogen) atoms.